The number of rotatable bonds is 8. The van der Waals surface area contributed by atoms with Gasteiger partial charge in [0.05, 0.1) is 31.5 Å². The van der Waals surface area contributed by atoms with E-state index < -0.39 is 32.5 Å². The fraction of sp³-hybridized carbons (Fsp3) is 0.0690. The van der Waals surface area contributed by atoms with Crippen LogP contribution in [0.3, 0.4) is 0 Å². The van der Waals surface area contributed by atoms with Crippen LogP contribution in [0.15, 0.2) is 88.6 Å². The molecule has 0 unspecified atom stereocenters. The average Bonchev–Trinajstić information content (AvgIpc) is 3.67. The van der Waals surface area contributed by atoms with E-state index in [0.29, 0.717) is 34.1 Å². The number of fused-ring (bicyclic) bond motifs is 1. The molecule has 0 aliphatic heterocycles. The van der Waals surface area contributed by atoms with Crippen molar-refractivity contribution in [2.75, 3.05) is 18.9 Å². The fourth-order valence-electron chi connectivity index (χ4n) is 4.44. The maximum absolute atomic E-state index is 14.3. The molecule has 44 heavy (non-hydrogen) atoms. The molecule has 0 bridgehead atoms. The highest BCUT2D eigenvalue weighted by Crippen LogP contribution is 2.32. The number of nitrogens with one attached hydrogen (secondary N) is 1. The first-order valence-electron chi connectivity index (χ1n) is 12.7. The Kier molecular flexibility index (Phi) is 7.22. The Labute approximate surface area is 248 Å². The van der Waals surface area contributed by atoms with Crippen molar-refractivity contribution >= 4 is 27.3 Å². The number of carbonyl (C=O) groups excluding carboxylic acids is 1. The van der Waals surface area contributed by atoms with Crippen LogP contribution in [-0.4, -0.2) is 53.2 Å². The monoisotopic (exact) mass is 618 g/mol. The van der Waals surface area contributed by atoms with Crippen LogP contribution in [0.2, 0.25) is 0 Å². The van der Waals surface area contributed by atoms with E-state index in [9.17, 15) is 22.0 Å². The van der Waals surface area contributed by atoms with Crippen LogP contribution >= 0.6 is 0 Å². The summed E-state index contributed by atoms with van der Waals surface area (Å²) in [5, 5.41) is 8.25. The SMILES string of the molecule is COC(=O)c1ccccc1-c1nnc(-c2cnc3ccc(-c4cnc(OC)c(NS(=O)(=O)c5ccc(F)cc5F)c4)cn23)o1. The molecule has 0 fully saturated rings. The van der Waals surface area contributed by atoms with E-state index in [1.807, 2.05) is 0 Å². The Hall–Kier alpha value is -5.70. The highest BCUT2D eigenvalue weighted by atomic mass is 32.2. The van der Waals surface area contributed by atoms with Gasteiger partial charge in [0.1, 0.15) is 33.6 Å². The van der Waals surface area contributed by atoms with Gasteiger partial charge in [-0.3, -0.25) is 9.12 Å². The van der Waals surface area contributed by atoms with E-state index in [0.717, 1.165) is 12.1 Å². The van der Waals surface area contributed by atoms with Crippen molar-refractivity contribution < 1.29 is 35.9 Å². The Morgan fingerprint density at radius 3 is 2.50 bits per heavy atom. The molecule has 0 amide bonds. The highest BCUT2D eigenvalue weighted by Gasteiger charge is 2.23. The van der Waals surface area contributed by atoms with Crippen LogP contribution < -0.4 is 9.46 Å². The second kappa shape index (κ2) is 11.2. The summed E-state index contributed by atoms with van der Waals surface area (Å²) in [5.74, 6) is -2.59. The van der Waals surface area contributed by atoms with Crippen LogP contribution in [0, 0.1) is 11.6 Å². The highest BCUT2D eigenvalue weighted by molar-refractivity contribution is 7.92. The molecule has 222 valence electrons. The number of imidazole rings is 1. The summed E-state index contributed by atoms with van der Waals surface area (Å²) in [7, 11) is -1.91. The molecule has 0 radical (unpaired) electrons. The number of methoxy groups -OCH3 is 2. The minimum absolute atomic E-state index is 0.0742. The summed E-state index contributed by atoms with van der Waals surface area (Å²) in [6.07, 6.45) is 4.69. The van der Waals surface area contributed by atoms with Gasteiger partial charge in [0.15, 0.2) is 0 Å². The second-order valence-corrected chi connectivity index (χ2v) is 10.9. The van der Waals surface area contributed by atoms with Crippen molar-refractivity contribution in [3.63, 3.8) is 0 Å². The molecule has 12 nitrogen and oxygen atoms in total. The number of anilines is 1. The molecular formula is C29H20F2N6O6S. The zero-order chi connectivity index (χ0) is 31.0. The number of ether oxygens (including phenoxy) is 2. The van der Waals surface area contributed by atoms with Gasteiger partial charge in [-0.05, 0) is 42.5 Å². The van der Waals surface area contributed by atoms with E-state index in [2.05, 4.69) is 24.9 Å². The first-order valence-corrected chi connectivity index (χ1v) is 14.2. The number of benzene rings is 2. The predicted molar refractivity (Wildman–Crippen MR) is 152 cm³/mol. The van der Waals surface area contributed by atoms with Crippen LogP contribution in [0.25, 0.3) is 39.8 Å². The molecule has 0 aliphatic carbocycles. The third-order valence-corrected chi connectivity index (χ3v) is 7.92. The van der Waals surface area contributed by atoms with Gasteiger partial charge in [0, 0.05) is 29.6 Å². The van der Waals surface area contributed by atoms with Crippen molar-refractivity contribution in [3.8, 4) is 40.0 Å². The van der Waals surface area contributed by atoms with Crippen molar-refractivity contribution in [1.82, 2.24) is 24.6 Å². The largest absolute Gasteiger partial charge is 0.480 e. The lowest BCUT2D eigenvalue weighted by Crippen LogP contribution is -2.15. The summed E-state index contributed by atoms with van der Waals surface area (Å²) in [6.45, 7) is 0. The number of halogens is 2. The zero-order valence-corrected chi connectivity index (χ0v) is 23.7. The summed E-state index contributed by atoms with van der Waals surface area (Å²) in [5.41, 5.74) is 2.58. The van der Waals surface area contributed by atoms with Crippen molar-refractivity contribution in [2.45, 2.75) is 4.90 Å². The van der Waals surface area contributed by atoms with Crippen molar-refractivity contribution in [1.29, 1.82) is 0 Å². The molecule has 4 heterocycles. The third-order valence-electron chi connectivity index (χ3n) is 6.52. The minimum Gasteiger partial charge on any atom is -0.480 e. The average molecular weight is 619 g/mol. The van der Waals surface area contributed by atoms with Crippen LogP contribution in [0.5, 0.6) is 5.88 Å². The predicted octanol–water partition coefficient (Wildman–Crippen LogP) is 4.99. The summed E-state index contributed by atoms with van der Waals surface area (Å²) in [4.78, 5) is 20.1. The molecule has 0 saturated heterocycles. The van der Waals surface area contributed by atoms with Gasteiger partial charge in [-0.25, -0.2) is 32.0 Å². The number of pyridine rings is 2. The van der Waals surface area contributed by atoms with Crippen molar-refractivity contribution in [3.05, 3.63) is 96.5 Å². The van der Waals surface area contributed by atoms with Gasteiger partial charge in [0.2, 0.25) is 11.8 Å². The fourth-order valence-corrected chi connectivity index (χ4v) is 5.55. The maximum Gasteiger partial charge on any atom is 0.338 e. The second-order valence-electron chi connectivity index (χ2n) is 9.20. The smallest absolute Gasteiger partial charge is 0.338 e. The summed E-state index contributed by atoms with van der Waals surface area (Å²) < 4.78 is 73.5. The molecule has 15 heteroatoms. The quantitative estimate of drug-likeness (QED) is 0.231. The van der Waals surface area contributed by atoms with Gasteiger partial charge < -0.3 is 13.9 Å². The molecule has 6 aromatic rings. The Bertz CT molecular complexity index is 2170. The Balaban J connectivity index is 1.36. The van der Waals surface area contributed by atoms with Crippen LogP contribution in [0.1, 0.15) is 10.4 Å². The first kappa shape index (κ1) is 28.4. The Morgan fingerprint density at radius 1 is 0.932 bits per heavy atom. The van der Waals surface area contributed by atoms with Crippen LogP contribution in [0.4, 0.5) is 14.5 Å². The zero-order valence-electron chi connectivity index (χ0n) is 22.9. The Morgan fingerprint density at radius 2 is 1.73 bits per heavy atom. The lowest BCUT2D eigenvalue weighted by molar-refractivity contribution is 0.0601. The first-order chi connectivity index (χ1) is 21.2. The lowest BCUT2D eigenvalue weighted by atomic mass is 10.1. The van der Waals surface area contributed by atoms with E-state index in [4.69, 9.17) is 13.9 Å². The number of aromatic nitrogens is 5. The number of hydrogen-bond acceptors (Lipinski definition) is 10. The van der Waals surface area contributed by atoms with Crippen molar-refractivity contribution in [2.24, 2.45) is 0 Å². The molecule has 0 saturated carbocycles. The molecular weight excluding hydrogens is 598 g/mol. The molecule has 0 atom stereocenters. The number of sulfonamides is 1. The summed E-state index contributed by atoms with van der Waals surface area (Å²) in [6, 6.07) is 13.7. The molecule has 0 aliphatic rings. The summed E-state index contributed by atoms with van der Waals surface area (Å²) >= 11 is 0. The van der Waals surface area contributed by atoms with E-state index in [1.54, 1.807) is 47.0 Å². The lowest BCUT2D eigenvalue weighted by Gasteiger charge is -2.13. The third kappa shape index (κ3) is 5.20. The molecule has 6 rings (SSSR count). The van der Waals surface area contributed by atoms with Gasteiger partial charge in [-0.2, -0.15) is 0 Å². The number of esters is 1. The molecule has 4 aromatic heterocycles. The number of nitrogens with zero attached hydrogens (tertiary/aromatic N) is 5. The van der Waals surface area contributed by atoms with Crippen LogP contribution in [-0.2, 0) is 14.8 Å². The van der Waals surface area contributed by atoms with Gasteiger partial charge in [-0.15, -0.1) is 10.2 Å². The van der Waals surface area contributed by atoms with Gasteiger partial charge in [-0.1, -0.05) is 12.1 Å². The molecule has 1 N–H and O–H groups in total. The topological polar surface area (TPSA) is 151 Å². The normalized spacial score (nSPS) is 11.5. The van der Waals surface area contributed by atoms with E-state index in [1.165, 1.54) is 32.7 Å². The van der Waals surface area contributed by atoms with Gasteiger partial charge in [0.25, 0.3) is 15.9 Å². The van der Waals surface area contributed by atoms with Gasteiger partial charge >= 0.3 is 5.97 Å². The standard InChI is InChI=1S/C29H20F2N6O6S/c1-41-27-22(36-44(39,40)24-9-8-18(30)12-21(24)31)11-17(13-33-27)16-7-10-25-32-14-23(37(25)15-16)28-35-34-26(43-28)19-5-3-4-6-20(19)29(38)42-2/h3-15,36H,1-2H3. The van der Waals surface area contributed by atoms with E-state index >= 15 is 0 Å². The minimum atomic E-state index is -4.48. The maximum atomic E-state index is 14.3. The van der Waals surface area contributed by atoms with E-state index in [-0.39, 0.29) is 28.9 Å². The molecule has 0 spiro atoms. The number of hydrogen-bond donors (Lipinski definition) is 1. The number of carbonyl (C=O) groups is 1. The molecule has 2 aromatic carbocycles.